The Morgan fingerprint density at radius 3 is 1.15 bits per heavy atom. The van der Waals surface area contributed by atoms with Crippen molar-refractivity contribution in [2.45, 2.75) is 83.6 Å². The first-order chi connectivity index (χ1) is 15.8. The van der Waals surface area contributed by atoms with Crippen LogP contribution in [0.25, 0.3) is 0 Å². The van der Waals surface area contributed by atoms with Crippen LogP contribution in [0, 0.1) is 0 Å². The molecular formula is C32H41N. The van der Waals surface area contributed by atoms with Gasteiger partial charge < -0.3 is 5.32 Å². The van der Waals surface area contributed by atoms with Gasteiger partial charge >= 0.3 is 0 Å². The van der Waals surface area contributed by atoms with E-state index in [0.29, 0.717) is 23.8 Å². The Morgan fingerprint density at radius 1 is 0.576 bits per heavy atom. The van der Waals surface area contributed by atoms with Gasteiger partial charge in [0.05, 0.1) is 5.41 Å². The van der Waals surface area contributed by atoms with Gasteiger partial charge in [0.2, 0.25) is 0 Å². The molecule has 0 aliphatic carbocycles. The molecule has 1 saturated heterocycles. The number of benzene rings is 3. The molecule has 1 heterocycles. The Hall–Kier alpha value is -2.38. The molecule has 0 radical (unpaired) electrons. The summed E-state index contributed by atoms with van der Waals surface area (Å²) in [6.45, 7) is 14.7. The molecule has 0 bridgehead atoms. The van der Waals surface area contributed by atoms with Crippen molar-refractivity contribution < 1.29 is 0 Å². The summed E-state index contributed by atoms with van der Waals surface area (Å²) in [7, 11) is 0. The van der Waals surface area contributed by atoms with Gasteiger partial charge in [-0.3, -0.25) is 0 Å². The van der Waals surface area contributed by atoms with Crippen molar-refractivity contribution in [2.75, 3.05) is 6.54 Å². The van der Waals surface area contributed by atoms with Crippen molar-refractivity contribution in [1.82, 2.24) is 5.32 Å². The summed E-state index contributed by atoms with van der Waals surface area (Å²) in [4.78, 5) is 0. The Kier molecular flexibility index (Phi) is 7.10. The first kappa shape index (κ1) is 23.8. The standard InChI is InChI=1S/C32H41N/c1-22(2)25-9-15-28(16-10-25)32(31-8-7-21-33-31,29-17-11-26(12-18-29)23(3)4)30-19-13-27(14-20-30)24(5)6/h9-20,22-24,31,33H,7-8,21H2,1-6H3/t31-/m1/s1. The van der Waals surface area contributed by atoms with Gasteiger partial charge in [-0.1, -0.05) is 114 Å². The van der Waals surface area contributed by atoms with Gasteiger partial charge in [-0.05, 0) is 70.5 Å². The van der Waals surface area contributed by atoms with Crippen LogP contribution in [-0.4, -0.2) is 12.6 Å². The lowest BCUT2D eigenvalue weighted by Gasteiger charge is -2.42. The number of rotatable bonds is 7. The summed E-state index contributed by atoms with van der Waals surface area (Å²) in [5.41, 5.74) is 8.16. The Balaban J connectivity index is 1.96. The van der Waals surface area contributed by atoms with Crippen LogP contribution >= 0.6 is 0 Å². The minimum Gasteiger partial charge on any atom is -0.312 e. The molecule has 33 heavy (non-hydrogen) atoms. The van der Waals surface area contributed by atoms with E-state index in [1.165, 1.54) is 46.2 Å². The summed E-state index contributed by atoms with van der Waals surface area (Å²) in [5.74, 6) is 1.61. The van der Waals surface area contributed by atoms with Gasteiger partial charge in [-0.25, -0.2) is 0 Å². The molecule has 0 saturated carbocycles. The molecule has 1 aliphatic heterocycles. The molecule has 1 fully saturated rings. The Bertz CT molecular complexity index is 892. The molecule has 0 amide bonds. The van der Waals surface area contributed by atoms with E-state index in [0.717, 1.165) is 6.54 Å². The average molecular weight is 440 g/mol. The number of hydrogen-bond acceptors (Lipinski definition) is 1. The van der Waals surface area contributed by atoms with Crippen LogP contribution in [-0.2, 0) is 5.41 Å². The molecular weight excluding hydrogens is 398 g/mol. The summed E-state index contributed by atoms with van der Waals surface area (Å²) < 4.78 is 0. The van der Waals surface area contributed by atoms with E-state index in [1.54, 1.807) is 0 Å². The van der Waals surface area contributed by atoms with Gasteiger partial charge in [0.15, 0.2) is 0 Å². The minimum absolute atomic E-state index is 0.211. The maximum Gasteiger partial charge on any atom is 0.0604 e. The fourth-order valence-corrected chi connectivity index (χ4v) is 5.55. The van der Waals surface area contributed by atoms with E-state index >= 15 is 0 Å². The summed E-state index contributed by atoms with van der Waals surface area (Å²) in [6.07, 6.45) is 2.41. The molecule has 1 atom stereocenters. The van der Waals surface area contributed by atoms with E-state index in [1.807, 2.05) is 0 Å². The van der Waals surface area contributed by atoms with Crippen molar-refractivity contribution in [3.63, 3.8) is 0 Å². The van der Waals surface area contributed by atoms with Crippen LogP contribution < -0.4 is 5.32 Å². The van der Waals surface area contributed by atoms with Crippen molar-refractivity contribution in [2.24, 2.45) is 0 Å². The molecule has 0 aromatic heterocycles. The lowest BCUT2D eigenvalue weighted by Crippen LogP contribution is -2.47. The van der Waals surface area contributed by atoms with Gasteiger partial charge in [0.25, 0.3) is 0 Å². The first-order valence-corrected chi connectivity index (χ1v) is 12.9. The molecule has 3 aromatic rings. The molecule has 1 nitrogen and oxygen atoms in total. The molecule has 0 unspecified atom stereocenters. The normalized spacial score (nSPS) is 16.8. The SMILES string of the molecule is CC(C)c1ccc(C(c2ccc(C(C)C)cc2)(c2ccc(C(C)C)cc2)[C@H]2CCCN2)cc1. The highest BCUT2D eigenvalue weighted by Crippen LogP contribution is 2.45. The molecule has 1 heteroatoms. The number of hydrogen-bond donors (Lipinski definition) is 1. The summed E-state index contributed by atoms with van der Waals surface area (Å²) in [6, 6.07) is 28.8. The highest BCUT2D eigenvalue weighted by atomic mass is 15.0. The second-order valence-corrected chi connectivity index (χ2v) is 10.8. The van der Waals surface area contributed by atoms with Crippen molar-refractivity contribution >= 4 is 0 Å². The van der Waals surface area contributed by atoms with Crippen molar-refractivity contribution in [3.05, 3.63) is 106 Å². The second-order valence-electron chi connectivity index (χ2n) is 10.8. The van der Waals surface area contributed by atoms with Crippen LogP contribution in [0.5, 0.6) is 0 Å². The highest BCUT2D eigenvalue weighted by molar-refractivity contribution is 5.54. The third-order valence-electron chi connectivity index (χ3n) is 7.68. The third kappa shape index (κ3) is 4.53. The molecule has 0 spiro atoms. The van der Waals surface area contributed by atoms with Crippen LogP contribution in [0.2, 0.25) is 0 Å². The molecule has 1 N–H and O–H groups in total. The lowest BCUT2D eigenvalue weighted by atomic mass is 9.64. The molecule has 4 rings (SSSR count). The maximum atomic E-state index is 3.91. The predicted octanol–water partition coefficient (Wildman–Crippen LogP) is 8.14. The van der Waals surface area contributed by atoms with E-state index in [2.05, 4.69) is 120 Å². The fraction of sp³-hybridized carbons (Fsp3) is 0.438. The van der Waals surface area contributed by atoms with Crippen molar-refractivity contribution in [1.29, 1.82) is 0 Å². The van der Waals surface area contributed by atoms with E-state index in [-0.39, 0.29) is 5.41 Å². The minimum atomic E-state index is -0.211. The average Bonchev–Trinajstić information content (AvgIpc) is 3.36. The van der Waals surface area contributed by atoms with Crippen LogP contribution in [0.4, 0.5) is 0 Å². The van der Waals surface area contributed by atoms with Gasteiger partial charge in [-0.15, -0.1) is 0 Å². The van der Waals surface area contributed by atoms with Crippen LogP contribution in [0.1, 0.15) is 106 Å². The van der Waals surface area contributed by atoms with E-state index in [4.69, 9.17) is 0 Å². The topological polar surface area (TPSA) is 12.0 Å². The Labute approximate surface area is 201 Å². The monoisotopic (exact) mass is 439 g/mol. The third-order valence-corrected chi connectivity index (χ3v) is 7.68. The molecule has 174 valence electrons. The molecule has 3 aromatic carbocycles. The lowest BCUT2D eigenvalue weighted by molar-refractivity contribution is 0.435. The first-order valence-electron chi connectivity index (χ1n) is 12.9. The van der Waals surface area contributed by atoms with Crippen LogP contribution in [0.3, 0.4) is 0 Å². The largest absolute Gasteiger partial charge is 0.312 e. The quantitative estimate of drug-likeness (QED) is 0.366. The van der Waals surface area contributed by atoms with Crippen LogP contribution in [0.15, 0.2) is 72.8 Å². The summed E-state index contributed by atoms with van der Waals surface area (Å²) in [5, 5.41) is 3.91. The van der Waals surface area contributed by atoms with Crippen molar-refractivity contribution in [3.8, 4) is 0 Å². The van der Waals surface area contributed by atoms with E-state index in [9.17, 15) is 0 Å². The number of nitrogens with one attached hydrogen (secondary N) is 1. The second kappa shape index (κ2) is 9.85. The Morgan fingerprint density at radius 2 is 0.909 bits per heavy atom. The summed E-state index contributed by atoms with van der Waals surface area (Å²) >= 11 is 0. The predicted molar refractivity (Wildman–Crippen MR) is 142 cm³/mol. The zero-order chi connectivity index (χ0) is 23.6. The highest BCUT2D eigenvalue weighted by Gasteiger charge is 2.44. The van der Waals surface area contributed by atoms with E-state index < -0.39 is 0 Å². The molecule has 1 aliphatic rings. The van der Waals surface area contributed by atoms with Gasteiger partial charge in [0, 0.05) is 6.04 Å². The smallest absolute Gasteiger partial charge is 0.0604 e. The zero-order valence-electron chi connectivity index (χ0n) is 21.4. The zero-order valence-corrected chi connectivity index (χ0v) is 21.4. The van der Waals surface area contributed by atoms with Gasteiger partial charge in [-0.2, -0.15) is 0 Å². The van der Waals surface area contributed by atoms with Gasteiger partial charge in [0.1, 0.15) is 0 Å². The fourth-order valence-electron chi connectivity index (χ4n) is 5.55. The maximum absolute atomic E-state index is 3.91.